The average molecular weight is 265 g/mol. The number of esters is 1. The highest BCUT2D eigenvalue weighted by atomic mass is 16.6. The molecule has 1 amide bonds. The molecule has 0 aromatic heterocycles. The second-order valence-corrected chi connectivity index (χ2v) is 4.15. The van der Waals surface area contributed by atoms with Gasteiger partial charge in [-0.25, -0.2) is 9.59 Å². The van der Waals surface area contributed by atoms with Gasteiger partial charge in [0.25, 0.3) is 0 Å². The number of aliphatic hydroxyl groups is 1. The number of hydrogen-bond acceptors (Lipinski definition) is 5. The predicted octanol–water partition coefficient (Wildman–Crippen LogP) is 1.18. The lowest BCUT2D eigenvalue weighted by Crippen LogP contribution is -2.47. The van der Waals surface area contributed by atoms with Crippen LogP contribution in [0.4, 0.5) is 10.5 Å². The molecule has 6 nitrogen and oxygen atoms in total. The fourth-order valence-corrected chi connectivity index (χ4v) is 2.02. The Morgan fingerprint density at radius 1 is 1.58 bits per heavy atom. The topological polar surface area (TPSA) is 76.1 Å². The Kier molecular flexibility index (Phi) is 4.01. The van der Waals surface area contributed by atoms with Crippen molar-refractivity contribution in [2.45, 2.75) is 12.5 Å². The van der Waals surface area contributed by atoms with Crippen molar-refractivity contribution in [3.05, 3.63) is 29.8 Å². The van der Waals surface area contributed by atoms with E-state index in [2.05, 4.69) is 4.74 Å². The highest BCUT2D eigenvalue weighted by Crippen LogP contribution is 2.24. The molecule has 1 atom stereocenters. The van der Waals surface area contributed by atoms with Crippen LogP contribution in [0.2, 0.25) is 0 Å². The molecule has 1 aliphatic rings. The lowest BCUT2D eigenvalue weighted by molar-refractivity contribution is 0.0600. The van der Waals surface area contributed by atoms with Crippen molar-refractivity contribution in [2.24, 2.45) is 0 Å². The molecule has 1 aliphatic heterocycles. The van der Waals surface area contributed by atoms with Crippen LogP contribution >= 0.6 is 0 Å². The van der Waals surface area contributed by atoms with Crippen LogP contribution in [0.1, 0.15) is 16.8 Å². The van der Waals surface area contributed by atoms with E-state index in [4.69, 9.17) is 4.74 Å². The summed E-state index contributed by atoms with van der Waals surface area (Å²) in [5.74, 6) is -0.479. The molecule has 6 heteroatoms. The van der Waals surface area contributed by atoms with Crippen LogP contribution in [0.3, 0.4) is 0 Å². The first kappa shape index (κ1) is 13.4. The number of amides is 1. The normalized spacial score (nSPS) is 18.9. The molecule has 2 rings (SSSR count). The van der Waals surface area contributed by atoms with Gasteiger partial charge < -0.3 is 14.6 Å². The second-order valence-electron chi connectivity index (χ2n) is 4.15. The summed E-state index contributed by atoms with van der Waals surface area (Å²) in [6, 6.07) is 6.13. The standard InChI is InChI=1S/C13H15NO5/c1-18-12(16)9-3-2-4-10(7-9)14-11(8-15)5-6-19-13(14)17/h2-4,7,11,15H,5-6,8H2,1H3. The van der Waals surface area contributed by atoms with Gasteiger partial charge in [0, 0.05) is 12.1 Å². The molecular weight excluding hydrogens is 250 g/mol. The van der Waals surface area contributed by atoms with Crippen LogP contribution in [0.25, 0.3) is 0 Å². The lowest BCUT2D eigenvalue weighted by atomic mass is 10.1. The SMILES string of the molecule is COC(=O)c1cccc(N2C(=O)OCCC2CO)c1. The Bertz CT molecular complexity index is 488. The lowest BCUT2D eigenvalue weighted by Gasteiger charge is -2.33. The quantitative estimate of drug-likeness (QED) is 0.830. The number of carbonyl (C=O) groups excluding carboxylic acids is 2. The van der Waals surface area contributed by atoms with Crippen LogP contribution in [-0.2, 0) is 9.47 Å². The Hall–Kier alpha value is -2.08. The first-order chi connectivity index (χ1) is 9.17. The van der Waals surface area contributed by atoms with E-state index in [1.807, 2.05) is 0 Å². The van der Waals surface area contributed by atoms with Crippen LogP contribution in [-0.4, -0.2) is 43.5 Å². The highest BCUT2D eigenvalue weighted by Gasteiger charge is 2.30. The number of aliphatic hydroxyl groups excluding tert-OH is 1. The summed E-state index contributed by atoms with van der Waals surface area (Å²) in [6.07, 6.45) is 0.0253. The minimum Gasteiger partial charge on any atom is -0.465 e. The first-order valence-electron chi connectivity index (χ1n) is 5.92. The Morgan fingerprint density at radius 2 is 2.37 bits per heavy atom. The van der Waals surface area contributed by atoms with E-state index in [1.54, 1.807) is 24.3 Å². The molecular formula is C13H15NO5. The van der Waals surface area contributed by atoms with Crippen LogP contribution in [0.5, 0.6) is 0 Å². The number of cyclic esters (lactones) is 1. The van der Waals surface area contributed by atoms with Gasteiger partial charge in [0.15, 0.2) is 0 Å². The van der Waals surface area contributed by atoms with Gasteiger partial charge in [-0.15, -0.1) is 0 Å². The number of nitrogens with zero attached hydrogens (tertiary/aromatic N) is 1. The van der Waals surface area contributed by atoms with E-state index in [0.717, 1.165) is 0 Å². The highest BCUT2D eigenvalue weighted by molar-refractivity contribution is 5.94. The first-order valence-corrected chi connectivity index (χ1v) is 5.92. The van der Waals surface area contributed by atoms with Gasteiger partial charge >= 0.3 is 12.1 Å². The van der Waals surface area contributed by atoms with E-state index >= 15 is 0 Å². The van der Waals surface area contributed by atoms with Crippen molar-refractivity contribution >= 4 is 17.7 Å². The monoisotopic (exact) mass is 265 g/mol. The summed E-state index contributed by atoms with van der Waals surface area (Å²) < 4.78 is 9.60. The summed E-state index contributed by atoms with van der Waals surface area (Å²) >= 11 is 0. The largest absolute Gasteiger partial charge is 0.465 e. The van der Waals surface area contributed by atoms with Gasteiger partial charge in [-0.3, -0.25) is 4.90 Å². The molecule has 1 aromatic carbocycles. The van der Waals surface area contributed by atoms with Crippen LogP contribution in [0.15, 0.2) is 24.3 Å². The Balaban J connectivity index is 2.33. The third kappa shape index (κ3) is 2.68. The zero-order valence-corrected chi connectivity index (χ0v) is 10.5. The molecule has 19 heavy (non-hydrogen) atoms. The van der Waals surface area contributed by atoms with E-state index in [-0.39, 0.29) is 19.3 Å². The third-order valence-electron chi connectivity index (χ3n) is 2.99. The number of rotatable bonds is 3. The van der Waals surface area contributed by atoms with Gasteiger partial charge in [-0.05, 0) is 18.2 Å². The van der Waals surface area contributed by atoms with Gasteiger partial charge in [0.2, 0.25) is 0 Å². The summed E-state index contributed by atoms with van der Waals surface area (Å²) in [6.45, 7) is 0.134. The molecule has 1 aromatic rings. The van der Waals surface area contributed by atoms with E-state index in [1.165, 1.54) is 12.0 Å². The maximum Gasteiger partial charge on any atom is 0.414 e. The summed E-state index contributed by atoms with van der Waals surface area (Å²) in [7, 11) is 1.29. The molecule has 102 valence electrons. The zero-order chi connectivity index (χ0) is 13.8. The number of hydrogen-bond donors (Lipinski definition) is 1. The van der Waals surface area contributed by atoms with Gasteiger partial charge in [-0.2, -0.15) is 0 Å². The Labute approximate surface area is 110 Å². The number of benzene rings is 1. The minimum atomic E-state index is -0.521. The molecule has 0 spiro atoms. The Morgan fingerprint density at radius 3 is 3.05 bits per heavy atom. The smallest absolute Gasteiger partial charge is 0.414 e. The van der Waals surface area contributed by atoms with Gasteiger partial charge in [0.1, 0.15) is 0 Å². The molecule has 1 unspecified atom stereocenters. The maximum absolute atomic E-state index is 11.8. The molecule has 0 saturated carbocycles. The predicted molar refractivity (Wildman–Crippen MR) is 67.1 cm³/mol. The van der Waals surface area contributed by atoms with E-state index in [0.29, 0.717) is 17.7 Å². The zero-order valence-electron chi connectivity index (χ0n) is 10.5. The summed E-state index contributed by atoms with van der Waals surface area (Å²) in [4.78, 5) is 24.6. The van der Waals surface area contributed by atoms with Crippen LogP contribution in [0, 0.1) is 0 Å². The van der Waals surface area contributed by atoms with E-state index in [9.17, 15) is 14.7 Å². The molecule has 1 heterocycles. The molecule has 0 aliphatic carbocycles. The number of carbonyl (C=O) groups is 2. The molecule has 1 saturated heterocycles. The van der Waals surface area contributed by atoms with Crippen LogP contribution < -0.4 is 4.90 Å². The fraction of sp³-hybridized carbons (Fsp3) is 0.385. The van der Waals surface area contributed by atoms with Gasteiger partial charge in [0.05, 0.1) is 31.9 Å². The van der Waals surface area contributed by atoms with Crippen molar-refractivity contribution in [3.8, 4) is 0 Å². The third-order valence-corrected chi connectivity index (χ3v) is 2.99. The second kappa shape index (κ2) is 5.71. The minimum absolute atomic E-state index is 0.155. The van der Waals surface area contributed by atoms with Crippen molar-refractivity contribution in [1.29, 1.82) is 0 Å². The fourth-order valence-electron chi connectivity index (χ4n) is 2.02. The van der Waals surface area contributed by atoms with Crippen molar-refractivity contribution in [1.82, 2.24) is 0 Å². The molecule has 0 bridgehead atoms. The van der Waals surface area contributed by atoms with E-state index < -0.39 is 12.1 Å². The van der Waals surface area contributed by atoms with Crippen molar-refractivity contribution in [3.63, 3.8) is 0 Å². The maximum atomic E-state index is 11.8. The average Bonchev–Trinajstić information content (AvgIpc) is 2.46. The van der Waals surface area contributed by atoms with Gasteiger partial charge in [-0.1, -0.05) is 6.07 Å². The summed E-state index contributed by atoms with van der Waals surface area (Å²) in [5, 5.41) is 9.32. The number of ether oxygens (including phenoxy) is 2. The number of anilines is 1. The number of methoxy groups -OCH3 is 1. The summed E-state index contributed by atoms with van der Waals surface area (Å²) in [5.41, 5.74) is 0.849. The molecule has 0 radical (unpaired) electrons. The molecule has 1 fully saturated rings. The van der Waals surface area contributed by atoms with Crippen molar-refractivity contribution < 1.29 is 24.2 Å². The van der Waals surface area contributed by atoms with Crippen molar-refractivity contribution in [2.75, 3.05) is 25.2 Å². The molecule has 1 N–H and O–H groups in total.